The second kappa shape index (κ2) is 11.7. The lowest BCUT2D eigenvalue weighted by Gasteiger charge is -2.36. The maximum Gasteiger partial charge on any atom is 0.240 e. The quantitative estimate of drug-likeness (QED) is 0.546. The molecule has 2 aliphatic rings. The molecule has 2 N–H and O–H groups in total. The lowest BCUT2D eigenvalue weighted by molar-refractivity contribution is -0.122. The summed E-state index contributed by atoms with van der Waals surface area (Å²) in [6.45, 7) is 15.1. The maximum absolute atomic E-state index is 11.5. The number of fused-ring (bicyclic) bond motifs is 1. The van der Waals surface area contributed by atoms with Gasteiger partial charge in [0, 0.05) is 55.7 Å². The van der Waals surface area contributed by atoms with Gasteiger partial charge >= 0.3 is 0 Å². The highest BCUT2D eigenvalue weighted by molar-refractivity contribution is 6.07. The molecule has 192 valence electrons. The van der Waals surface area contributed by atoms with Gasteiger partial charge in [-0.05, 0) is 63.2 Å². The molecule has 0 aliphatic carbocycles. The number of rotatable bonds is 5. The number of likely N-dealkylation sites (N-methyl/N-ethyl adjacent to an activating group) is 1. The lowest BCUT2D eigenvalue weighted by Crippen LogP contribution is -2.48. The molecule has 0 saturated carbocycles. The van der Waals surface area contributed by atoms with Crippen LogP contribution in [0.4, 0.5) is 0 Å². The topological polar surface area (TPSA) is 94.2 Å². The van der Waals surface area contributed by atoms with Crippen molar-refractivity contribution in [3.05, 3.63) is 48.0 Å². The molecule has 8 heteroatoms. The van der Waals surface area contributed by atoms with Crippen LogP contribution in [0.5, 0.6) is 5.75 Å². The Balaban J connectivity index is 0.000000233. The van der Waals surface area contributed by atoms with Crippen LogP contribution in [0.15, 0.2) is 52.0 Å². The first-order valence-corrected chi connectivity index (χ1v) is 12.9. The number of hydrogen-bond donors (Lipinski definition) is 2. The third kappa shape index (κ3) is 6.12. The van der Waals surface area contributed by atoms with E-state index >= 15 is 0 Å². The summed E-state index contributed by atoms with van der Waals surface area (Å²) < 4.78 is 5.88. The van der Waals surface area contributed by atoms with Gasteiger partial charge < -0.3 is 14.4 Å². The fraction of sp³-hybridized carbons (Fsp3) is 0.464. The Labute approximate surface area is 213 Å². The van der Waals surface area contributed by atoms with E-state index in [0.717, 1.165) is 34.8 Å². The number of aromatic hydroxyl groups is 1. The molecule has 3 aromatic rings. The summed E-state index contributed by atoms with van der Waals surface area (Å²) in [5, 5.41) is 13.6. The van der Waals surface area contributed by atoms with E-state index in [9.17, 15) is 9.90 Å². The number of piperazine rings is 1. The molecule has 0 spiro atoms. The van der Waals surface area contributed by atoms with E-state index in [2.05, 4.69) is 53.0 Å². The van der Waals surface area contributed by atoms with Crippen molar-refractivity contribution in [2.24, 2.45) is 11.0 Å². The highest BCUT2D eigenvalue weighted by atomic mass is 16.3. The molecule has 1 unspecified atom stereocenters. The number of benzene rings is 2. The van der Waals surface area contributed by atoms with Gasteiger partial charge in [0.05, 0.1) is 5.71 Å². The Morgan fingerprint density at radius 2 is 1.75 bits per heavy atom. The Hall–Kier alpha value is -3.23. The molecule has 3 heterocycles. The third-order valence-electron chi connectivity index (χ3n) is 7.00. The Morgan fingerprint density at radius 1 is 1.06 bits per heavy atom. The Morgan fingerprint density at radius 3 is 2.39 bits per heavy atom. The minimum Gasteiger partial charge on any atom is -0.508 e. The Kier molecular flexibility index (Phi) is 8.38. The second-order valence-corrected chi connectivity index (χ2v) is 9.65. The second-order valence-electron chi connectivity index (χ2n) is 9.65. The predicted molar refractivity (Wildman–Crippen MR) is 143 cm³/mol. The first-order valence-electron chi connectivity index (χ1n) is 12.9. The van der Waals surface area contributed by atoms with Gasteiger partial charge in [-0.2, -0.15) is 5.10 Å². The molecule has 36 heavy (non-hydrogen) atoms. The first-order chi connectivity index (χ1) is 17.4. The zero-order chi connectivity index (χ0) is 25.7. The van der Waals surface area contributed by atoms with Crippen LogP contribution in [-0.4, -0.2) is 70.3 Å². The smallest absolute Gasteiger partial charge is 0.240 e. The largest absolute Gasteiger partial charge is 0.508 e. The molecule has 0 bridgehead atoms. The van der Waals surface area contributed by atoms with Crippen molar-refractivity contribution < 1.29 is 14.3 Å². The number of nitrogens with one attached hydrogen (secondary N) is 1. The van der Waals surface area contributed by atoms with Crippen molar-refractivity contribution in [3.63, 3.8) is 0 Å². The summed E-state index contributed by atoms with van der Waals surface area (Å²) in [5.74, 6) is 0.750. The zero-order valence-electron chi connectivity index (χ0n) is 21.7. The number of phenolic OH excluding ortho intramolecular Hbond substituents is 1. The molecule has 1 amide bonds. The number of aromatic nitrogens is 1. The molecule has 1 fully saturated rings. The summed E-state index contributed by atoms with van der Waals surface area (Å²) in [4.78, 5) is 21.1. The van der Waals surface area contributed by atoms with Crippen LogP contribution < -0.4 is 5.43 Å². The van der Waals surface area contributed by atoms with Crippen LogP contribution in [0.3, 0.4) is 0 Å². The summed E-state index contributed by atoms with van der Waals surface area (Å²) in [7, 11) is 0. The average Bonchev–Trinajstić information content (AvgIpc) is 3.33. The van der Waals surface area contributed by atoms with Crippen molar-refractivity contribution in [2.75, 3.05) is 32.7 Å². The van der Waals surface area contributed by atoms with Crippen LogP contribution in [0.1, 0.15) is 46.1 Å². The van der Waals surface area contributed by atoms with Crippen molar-refractivity contribution in [2.45, 2.75) is 46.6 Å². The third-order valence-corrected chi connectivity index (χ3v) is 7.00. The molecule has 1 saturated heterocycles. The monoisotopic (exact) mass is 491 g/mol. The average molecular weight is 492 g/mol. The minimum absolute atomic E-state index is 0.0500. The summed E-state index contributed by atoms with van der Waals surface area (Å²) in [6.07, 6.45) is 1.29. The van der Waals surface area contributed by atoms with E-state index in [-0.39, 0.29) is 17.6 Å². The minimum atomic E-state index is -0.0500. The van der Waals surface area contributed by atoms with Gasteiger partial charge in [-0.15, -0.1) is 0 Å². The van der Waals surface area contributed by atoms with Gasteiger partial charge in [0.25, 0.3) is 0 Å². The van der Waals surface area contributed by atoms with E-state index in [0.29, 0.717) is 17.9 Å². The van der Waals surface area contributed by atoms with Gasteiger partial charge in [-0.3, -0.25) is 9.69 Å². The maximum atomic E-state index is 11.5. The van der Waals surface area contributed by atoms with Gasteiger partial charge in [-0.25, -0.2) is 10.4 Å². The van der Waals surface area contributed by atoms with Crippen molar-refractivity contribution in [1.29, 1.82) is 0 Å². The number of carbonyl (C=O) groups excluding carboxylic acids is 1. The number of amides is 1. The zero-order valence-corrected chi connectivity index (χ0v) is 21.7. The fourth-order valence-corrected chi connectivity index (χ4v) is 4.63. The van der Waals surface area contributed by atoms with Gasteiger partial charge in [-0.1, -0.05) is 19.9 Å². The SMILES string of the molecule is CCC1CC(=O)NN=C1c1ccc2nc(-c3ccc(O)cc3)oc2c1.CCN1CCN(C(C)C)CC1. The van der Waals surface area contributed by atoms with E-state index in [4.69, 9.17) is 4.42 Å². The first kappa shape index (κ1) is 25.9. The molecule has 1 aromatic heterocycles. The summed E-state index contributed by atoms with van der Waals surface area (Å²) in [5.41, 5.74) is 6.56. The number of nitrogens with zero attached hydrogens (tertiary/aromatic N) is 4. The highest BCUT2D eigenvalue weighted by Gasteiger charge is 2.24. The van der Waals surface area contributed by atoms with Crippen LogP contribution in [0, 0.1) is 5.92 Å². The van der Waals surface area contributed by atoms with E-state index in [1.165, 1.54) is 32.7 Å². The summed E-state index contributed by atoms with van der Waals surface area (Å²) >= 11 is 0. The molecular weight excluding hydrogens is 454 g/mol. The normalized spacial score (nSPS) is 19.1. The van der Waals surface area contributed by atoms with Crippen molar-refractivity contribution in [1.82, 2.24) is 20.2 Å². The number of hydrazone groups is 1. The summed E-state index contributed by atoms with van der Waals surface area (Å²) in [6, 6.07) is 13.2. The number of oxazole rings is 1. The van der Waals surface area contributed by atoms with E-state index in [1.807, 2.05) is 18.2 Å². The predicted octanol–water partition coefficient (Wildman–Crippen LogP) is 4.48. The Bertz CT molecular complexity index is 1190. The molecule has 2 aliphatic heterocycles. The van der Waals surface area contributed by atoms with Crippen molar-refractivity contribution in [3.8, 4) is 17.2 Å². The van der Waals surface area contributed by atoms with Crippen molar-refractivity contribution >= 4 is 22.7 Å². The van der Waals surface area contributed by atoms with Gasteiger partial charge in [0.2, 0.25) is 11.8 Å². The van der Waals surface area contributed by atoms with Crippen LogP contribution in [0.2, 0.25) is 0 Å². The number of carbonyl (C=O) groups is 1. The fourth-order valence-electron chi connectivity index (χ4n) is 4.63. The molecule has 5 rings (SSSR count). The molecule has 1 atom stereocenters. The van der Waals surface area contributed by atoms with Gasteiger partial charge in [0.1, 0.15) is 11.3 Å². The standard InChI is InChI=1S/C19H17N3O3.C9H20N2/c1-2-11-10-17(24)21-22-18(11)13-5-8-15-16(9-13)25-19(20-15)12-3-6-14(23)7-4-12;1-4-10-5-7-11(8-6-10)9(2)3/h3-9,11,23H,2,10H2,1H3,(H,21,24);9H,4-8H2,1-3H3. The molecule has 2 aromatic carbocycles. The van der Waals surface area contributed by atoms with E-state index < -0.39 is 0 Å². The lowest BCUT2D eigenvalue weighted by atomic mass is 9.90. The number of phenols is 1. The number of hydrogen-bond acceptors (Lipinski definition) is 7. The molecular formula is C28H37N5O3. The van der Waals surface area contributed by atoms with E-state index in [1.54, 1.807) is 24.3 Å². The van der Waals surface area contributed by atoms with Crippen LogP contribution in [-0.2, 0) is 4.79 Å². The molecule has 8 nitrogen and oxygen atoms in total. The van der Waals surface area contributed by atoms with Crippen LogP contribution in [0.25, 0.3) is 22.6 Å². The van der Waals surface area contributed by atoms with Crippen LogP contribution >= 0.6 is 0 Å². The van der Waals surface area contributed by atoms with Gasteiger partial charge in [0.15, 0.2) is 5.58 Å². The molecule has 0 radical (unpaired) electrons. The highest BCUT2D eigenvalue weighted by Crippen LogP contribution is 2.28.